The van der Waals surface area contributed by atoms with Crippen molar-refractivity contribution in [3.8, 4) is 0 Å². The van der Waals surface area contributed by atoms with Gasteiger partial charge in [-0.15, -0.1) is 11.3 Å². The maximum absolute atomic E-state index is 4.22. The number of aromatic nitrogens is 1. The van der Waals surface area contributed by atoms with Crippen LogP contribution < -0.4 is 0 Å². The highest BCUT2D eigenvalue weighted by Gasteiger charge is 1.95. The SMILES string of the molecule is CCCc1ncc(I)s1. The van der Waals surface area contributed by atoms with Crippen LogP contribution in [0, 0.1) is 2.88 Å². The van der Waals surface area contributed by atoms with Crippen molar-refractivity contribution in [3.63, 3.8) is 0 Å². The fourth-order valence-corrected chi connectivity index (χ4v) is 2.26. The molecule has 0 aromatic carbocycles. The van der Waals surface area contributed by atoms with Gasteiger partial charge < -0.3 is 0 Å². The molecule has 0 aliphatic carbocycles. The first-order valence-electron chi connectivity index (χ1n) is 2.93. The maximum Gasteiger partial charge on any atom is 0.0935 e. The quantitative estimate of drug-likeness (QED) is 0.738. The molecule has 50 valence electrons. The third-order valence-corrected chi connectivity index (χ3v) is 2.77. The van der Waals surface area contributed by atoms with Crippen molar-refractivity contribution in [3.05, 3.63) is 14.1 Å². The average molecular weight is 253 g/mol. The van der Waals surface area contributed by atoms with E-state index in [2.05, 4.69) is 34.5 Å². The molecule has 1 aromatic rings. The minimum atomic E-state index is 1.13. The van der Waals surface area contributed by atoms with Gasteiger partial charge in [0.25, 0.3) is 0 Å². The summed E-state index contributed by atoms with van der Waals surface area (Å²) in [5.74, 6) is 0. The number of nitrogens with zero attached hydrogens (tertiary/aromatic N) is 1. The minimum Gasteiger partial charge on any atom is -0.249 e. The molecule has 0 atom stereocenters. The summed E-state index contributed by atoms with van der Waals surface area (Å²) in [6, 6.07) is 0. The molecule has 0 amide bonds. The predicted molar refractivity (Wildman–Crippen MR) is 48.8 cm³/mol. The van der Waals surface area contributed by atoms with Crippen LogP contribution in [0.15, 0.2) is 6.20 Å². The molecule has 0 unspecified atom stereocenters. The summed E-state index contributed by atoms with van der Waals surface area (Å²) >= 11 is 4.08. The van der Waals surface area contributed by atoms with Gasteiger partial charge in [0.15, 0.2) is 0 Å². The Hall–Kier alpha value is 0.360. The lowest BCUT2D eigenvalue weighted by Gasteiger charge is -1.84. The summed E-state index contributed by atoms with van der Waals surface area (Å²) in [6.07, 6.45) is 4.26. The third-order valence-electron chi connectivity index (χ3n) is 0.989. The number of aryl methyl sites for hydroxylation is 1. The highest BCUT2D eigenvalue weighted by atomic mass is 127. The molecule has 0 aliphatic rings. The molecule has 0 fully saturated rings. The van der Waals surface area contributed by atoms with Crippen molar-refractivity contribution in [1.82, 2.24) is 4.98 Å². The first kappa shape index (κ1) is 7.47. The van der Waals surface area contributed by atoms with Crippen molar-refractivity contribution in [2.75, 3.05) is 0 Å². The van der Waals surface area contributed by atoms with Crippen molar-refractivity contribution >= 4 is 33.9 Å². The summed E-state index contributed by atoms with van der Waals surface area (Å²) < 4.78 is 1.29. The highest BCUT2D eigenvalue weighted by molar-refractivity contribution is 14.1. The Morgan fingerprint density at radius 3 is 3.00 bits per heavy atom. The second-order valence-electron chi connectivity index (χ2n) is 1.81. The molecule has 0 saturated heterocycles. The second-order valence-corrected chi connectivity index (χ2v) is 4.82. The van der Waals surface area contributed by atoms with E-state index in [1.807, 2.05) is 6.20 Å². The third kappa shape index (κ3) is 2.21. The molecule has 0 bridgehead atoms. The highest BCUT2D eigenvalue weighted by Crippen LogP contribution is 2.15. The summed E-state index contributed by atoms with van der Waals surface area (Å²) in [7, 11) is 0. The zero-order valence-electron chi connectivity index (χ0n) is 5.22. The van der Waals surface area contributed by atoms with Crippen molar-refractivity contribution in [1.29, 1.82) is 0 Å². The summed E-state index contributed by atoms with van der Waals surface area (Å²) in [6.45, 7) is 2.17. The Morgan fingerprint density at radius 2 is 2.56 bits per heavy atom. The van der Waals surface area contributed by atoms with Crippen LogP contribution in [-0.2, 0) is 6.42 Å². The largest absolute Gasteiger partial charge is 0.249 e. The predicted octanol–water partition coefficient (Wildman–Crippen LogP) is 2.70. The molecule has 1 heterocycles. The van der Waals surface area contributed by atoms with Gasteiger partial charge in [-0.2, -0.15) is 0 Å². The first-order valence-corrected chi connectivity index (χ1v) is 4.82. The van der Waals surface area contributed by atoms with Crippen LogP contribution in [0.2, 0.25) is 0 Å². The molecule has 9 heavy (non-hydrogen) atoms. The van der Waals surface area contributed by atoms with E-state index < -0.39 is 0 Å². The summed E-state index contributed by atoms with van der Waals surface area (Å²) in [5.41, 5.74) is 0. The lowest BCUT2D eigenvalue weighted by Crippen LogP contribution is -1.76. The molecular formula is C6H8INS. The Balaban J connectivity index is 2.61. The number of halogens is 1. The number of hydrogen-bond acceptors (Lipinski definition) is 2. The van der Waals surface area contributed by atoms with E-state index in [4.69, 9.17) is 0 Å². The van der Waals surface area contributed by atoms with Gasteiger partial charge in [-0.1, -0.05) is 6.92 Å². The standard InChI is InChI=1S/C6H8INS/c1-2-3-6-8-4-5(7)9-6/h4H,2-3H2,1H3. The molecular weight excluding hydrogens is 245 g/mol. The van der Waals surface area contributed by atoms with Gasteiger partial charge in [0.05, 0.1) is 14.1 Å². The van der Waals surface area contributed by atoms with E-state index in [-0.39, 0.29) is 0 Å². The Morgan fingerprint density at radius 1 is 1.78 bits per heavy atom. The van der Waals surface area contributed by atoms with Crippen molar-refractivity contribution in [2.24, 2.45) is 0 Å². The van der Waals surface area contributed by atoms with Gasteiger partial charge in [0, 0.05) is 0 Å². The molecule has 3 heteroatoms. The topological polar surface area (TPSA) is 12.9 Å². The lowest BCUT2D eigenvalue weighted by molar-refractivity contribution is 0.909. The molecule has 0 aliphatic heterocycles. The van der Waals surface area contributed by atoms with Gasteiger partial charge in [-0.3, -0.25) is 0 Å². The fraction of sp³-hybridized carbons (Fsp3) is 0.500. The molecule has 1 aromatic heterocycles. The number of thiazole rings is 1. The smallest absolute Gasteiger partial charge is 0.0935 e. The molecule has 1 nitrogen and oxygen atoms in total. The Labute approximate surface area is 72.6 Å². The van der Waals surface area contributed by atoms with Gasteiger partial charge in [0.1, 0.15) is 0 Å². The van der Waals surface area contributed by atoms with E-state index >= 15 is 0 Å². The normalized spacial score (nSPS) is 10.0. The zero-order valence-corrected chi connectivity index (χ0v) is 8.20. The van der Waals surface area contributed by atoms with Crippen molar-refractivity contribution in [2.45, 2.75) is 19.8 Å². The van der Waals surface area contributed by atoms with Crippen LogP contribution >= 0.6 is 33.9 Å². The van der Waals surface area contributed by atoms with E-state index in [0.717, 1.165) is 6.42 Å². The van der Waals surface area contributed by atoms with Crippen LogP contribution in [0.1, 0.15) is 18.4 Å². The second kappa shape index (κ2) is 3.51. The van der Waals surface area contributed by atoms with Gasteiger partial charge in [0.2, 0.25) is 0 Å². The van der Waals surface area contributed by atoms with E-state index in [0.29, 0.717) is 0 Å². The zero-order chi connectivity index (χ0) is 6.69. The average Bonchev–Trinajstić information content (AvgIpc) is 2.17. The summed E-state index contributed by atoms with van der Waals surface area (Å²) in [4.78, 5) is 4.22. The van der Waals surface area contributed by atoms with Crippen LogP contribution in [0.4, 0.5) is 0 Å². The van der Waals surface area contributed by atoms with E-state index in [1.54, 1.807) is 11.3 Å². The number of rotatable bonds is 2. The molecule has 0 N–H and O–H groups in total. The van der Waals surface area contributed by atoms with Crippen LogP contribution in [-0.4, -0.2) is 4.98 Å². The van der Waals surface area contributed by atoms with Gasteiger partial charge >= 0.3 is 0 Å². The van der Waals surface area contributed by atoms with Crippen LogP contribution in [0.25, 0.3) is 0 Å². The lowest BCUT2D eigenvalue weighted by atomic mass is 10.4. The molecule has 0 spiro atoms. The van der Waals surface area contributed by atoms with Crippen LogP contribution in [0.3, 0.4) is 0 Å². The van der Waals surface area contributed by atoms with Gasteiger partial charge in [-0.25, -0.2) is 4.98 Å². The van der Waals surface area contributed by atoms with Crippen molar-refractivity contribution < 1.29 is 0 Å². The Bertz CT molecular complexity index is 185. The number of hydrogen-bond donors (Lipinski definition) is 0. The molecule has 1 rings (SSSR count). The van der Waals surface area contributed by atoms with E-state index in [9.17, 15) is 0 Å². The van der Waals surface area contributed by atoms with Crippen LogP contribution in [0.5, 0.6) is 0 Å². The van der Waals surface area contributed by atoms with E-state index in [1.165, 1.54) is 14.3 Å². The molecule has 0 radical (unpaired) electrons. The Kier molecular flexibility index (Phi) is 2.91. The van der Waals surface area contributed by atoms with Gasteiger partial charge in [-0.05, 0) is 35.4 Å². The first-order chi connectivity index (χ1) is 4.33. The minimum absolute atomic E-state index is 1.13. The maximum atomic E-state index is 4.22. The fourth-order valence-electron chi connectivity index (χ4n) is 0.617. The summed E-state index contributed by atoms with van der Waals surface area (Å²) in [5, 5.41) is 1.27. The molecule has 0 saturated carbocycles. The monoisotopic (exact) mass is 253 g/mol.